The van der Waals surface area contributed by atoms with Crippen LogP contribution in [0.2, 0.25) is 0 Å². The van der Waals surface area contributed by atoms with Crippen molar-refractivity contribution in [1.82, 2.24) is 4.72 Å². The number of Topliss-reactive ketones (excluding diaryl/α,β-unsaturated/α-hetero) is 1. The molecule has 126 valence electrons. The normalized spacial score (nSPS) is 14.5. The molecule has 0 amide bonds. The average Bonchev–Trinajstić information content (AvgIpc) is 3.41. The first-order chi connectivity index (χ1) is 11.5. The van der Waals surface area contributed by atoms with Gasteiger partial charge in [0.05, 0.1) is 4.90 Å². The molecule has 6 heteroatoms. The third-order valence-corrected chi connectivity index (χ3v) is 5.52. The second-order valence-corrected chi connectivity index (χ2v) is 7.67. The lowest BCUT2D eigenvalue weighted by Gasteiger charge is -2.08. The quantitative estimate of drug-likeness (QED) is 0.783. The van der Waals surface area contributed by atoms with Crippen molar-refractivity contribution in [1.29, 1.82) is 0 Å². The van der Waals surface area contributed by atoms with Gasteiger partial charge in [-0.25, -0.2) is 17.5 Å². The standard InChI is InChI=1S/C18H18FNO3S/c19-17-4-2-1-3-13(17)11-12-20-24(22,23)16-9-7-15(8-10-16)18(21)14-5-6-14/h1-4,7-10,14,20H,5-6,11-12H2. The monoisotopic (exact) mass is 347 g/mol. The van der Waals surface area contributed by atoms with Crippen molar-refractivity contribution < 1.29 is 17.6 Å². The summed E-state index contributed by atoms with van der Waals surface area (Å²) in [5.74, 6) is -0.169. The SMILES string of the molecule is O=C(c1ccc(S(=O)(=O)NCCc2ccccc2F)cc1)C1CC1. The molecule has 1 aliphatic rings. The lowest BCUT2D eigenvalue weighted by Crippen LogP contribution is -2.26. The molecule has 2 aromatic rings. The molecule has 0 heterocycles. The molecule has 4 nitrogen and oxygen atoms in total. The van der Waals surface area contributed by atoms with E-state index in [4.69, 9.17) is 0 Å². The van der Waals surface area contributed by atoms with Crippen LogP contribution in [0.5, 0.6) is 0 Å². The van der Waals surface area contributed by atoms with E-state index < -0.39 is 10.0 Å². The van der Waals surface area contributed by atoms with Crippen LogP contribution in [0, 0.1) is 11.7 Å². The lowest BCUT2D eigenvalue weighted by atomic mass is 10.1. The molecule has 1 N–H and O–H groups in total. The maximum absolute atomic E-state index is 13.5. The second-order valence-electron chi connectivity index (χ2n) is 5.90. The largest absolute Gasteiger partial charge is 0.294 e. The Labute approximate surface area is 140 Å². The molecule has 0 unspecified atom stereocenters. The number of ketones is 1. The van der Waals surface area contributed by atoms with Crippen molar-refractivity contribution in [2.75, 3.05) is 6.54 Å². The third-order valence-electron chi connectivity index (χ3n) is 4.04. The minimum absolute atomic E-state index is 0.0754. The summed E-state index contributed by atoms with van der Waals surface area (Å²) in [5, 5.41) is 0. The highest BCUT2D eigenvalue weighted by Gasteiger charge is 2.30. The lowest BCUT2D eigenvalue weighted by molar-refractivity contribution is 0.0967. The van der Waals surface area contributed by atoms with Crippen LogP contribution in [0.3, 0.4) is 0 Å². The zero-order valence-corrected chi connectivity index (χ0v) is 13.9. The predicted octanol–water partition coefficient (Wildman–Crippen LogP) is 2.94. The number of benzene rings is 2. The predicted molar refractivity (Wildman–Crippen MR) is 88.8 cm³/mol. The van der Waals surface area contributed by atoms with Gasteiger partial charge in [0.1, 0.15) is 5.82 Å². The minimum Gasteiger partial charge on any atom is -0.294 e. The van der Waals surface area contributed by atoms with Crippen molar-refractivity contribution in [3.63, 3.8) is 0 Å². The van der Waals surface area contributed by atoms with Crippen LogP contribution in [0.4, 0.5) is 4.39 Å². The van der Waals surface area contributed by atoms with E-state index in [1.165, 1.54) is 18.2 Å². The van der Waals surface area contributed by atoms with E-state index >= 15 is 0 Å². The van der Waals surface area contributed by atoms with E-state index in [0.29, 0.717) is 11.1 Å². The van der Waals surface area contributed by atoms with Crippen molar-refractivity contribution in [2.45, 2.75) is 24.2 Å². The Kier molecular flexibility index (Phi) is 4.78. The van der Waals surface area contributed by atoms with Crippen molar-refractivity contribution in [3.8, 4) is 0 Å². The summed E-state index contributed by atoms with van der Waals surface area (Å²) < 4.78 is 40.5. The third kappa shape index (κ3) is 3.88. The average molecular weight is 347 g/mol. The molecular weight excluding hydrogens is 329 g/mol. The number of nitrogens with one attached hydrogen (secondary N) is 1. The molecule has 0 radical (unpaired) electrons. The topological polar surface area (TPSA) is 63.2 Å². The van der Waals surface area contributed by atoms with E-state index in [0.717, 1.165) is 12.8 Å². The van der Waals surface area contributed by atoms with Crippen LogP contribution < -0.4 is 4.72 Å². The Balaban J connectivity index is 1.62. The number of hydrogen-bond acceptors (Lipinski definition) is 3. The van der Waals surface area contributed by atoms with Gasteiger partial charge in [-0.1, -0.05) is 30.3 Å². The molecule has 0 spiro atoms. The molecule has 1 saturated carbocycles. The highest BCUT2D eigenvalue weighted by atomic mass is 32.2. The van der Waals surface area contributed by atoms with E-state index in [9.17, 15) is 17.6 Å². The van der Waals surface area contributed by atoms with Gasteiger partial charge in [-0.3, -0.25) is 4.79 Å². The van der Waals surface area contributed by atoms with Crippen LogP contribution >= 0.6 is 0 Å². The zero-order valence-electron chi connectivity index (χ0n) is 13.0. The molecule has 24 heavy (non-hydrogen) atoms. The van der Waals surface area contributed by atoms with Gasteiger partial charge < -0.3 is 0 Å². The van der Waals surface area contributed by atoms with Crippen LogP contribution in [-0.4, -0.2) is 20.7 Å². The summed E-state index contributed by atoms with van der Waals surface area (Å²) in [4.78, 5) is 12.0. The highest BCUT2D eigenvalue weighted by molar-refractivity contribution is 7.89. The molecule has 3 rings (SSSR count). The molecular formula is C18H18FNO3S. The summed E-state index contributed by atoms with van der Waals surface area (Å²) >= 11 is 0. The molecule has 0 aromatic heterocycles. The van der Waals surface area contributed by atoms with Crippen LogP contribution in [-0.2, 0) is 16.4 Å². The Morgan fingerprint density at radius 2 is 1.75 bits per heavy atom. The first-order valence-corrected chi connectivity index (χ1v) is 9.33. The number of carbonyl (C=O) groups is 1. The molecule has 0 saturated heterocycles. The summed E-state index contributed by atoms with van der Waals surface area (Å²) in [7, 11) is -3.67. The first kappa shape index (κ1) is 16.8. The van der Waals surface area contributed by atoms with Gasteiger partial charge in [0, 0.05) is 18.0 Å². The van der Waals surface area contributed by atoms with Gasteiger partial charge in [-0.2, -0.15) is 0 Å². The molecule has 0 atom stereocenters. The van der Waals surface area contributed by atoms with Crippen LogP contribution in [0.1, 0.15) is 28.8 Å². The Morgan fingerprint density at radius 1 is 1.08 bits per heavy atom. The van der Waals surface area contributed by atoms with E-state index in [-0.39, 0.29) is 35.4 Å². The Bertz CT molecular complexity index is 843. The fourth-order valence-electron chi connectivity index (χ4n) is 2.48. The first-order valence-electron chi connectivity index (χ1n) is 7.85. The fourth-order valence-corrected chi connectivity index (χ4v) is 3.52. The van der Waals surface area contributed by atoms with Crippen LogP contribution in [0.15, 0.2) is 53.4 Å². The number of hydrogen-bond donors (Lipinski definition) is 1. The maximum Gasteiger partial charge on any atom is 0.240 e. The minimum atomic E-state index is -3.67. The fraction of sp³-hybridized carbons (Fsp3) is 0.278. The molecule has 2 aromatic carbocycles. The van der Waals surface area contributed by atoms with E-state index in [1.54, 1.807) is 30.3 Å². The van der Waals surface area contributed by atoms with Gasteiger partial charge in [-0.05, 0) is 43.0 Å². The summed E-state index contributed by atoms with van der Waals surface area (Å²) in [5.41, 5.74) is 1.01. The summed E-state index contributed by atoms with van der Waals surface area (Å²) in [6.45, 7) is 0.103. The van der Waals surface area contributed by atoms with Crippen molar-refractivity contribution >= 4 is 15.8 Å². The van der Waals surface area contributed by atoms with E-state index in [1.807, 2.05) is 0 Å². The highest BCUT2D eigenvalue weighted by Crippen LogP contribution is 2.32. The zero-order chi connectivity index (χ0) is 17.2. The maximum atomic E-state index is 13.5. The molecule has 0 bridgehead atoms. The molecule has 1 aliphatic carbocycles. The summed E-state index contributed by atoms with van der Waals surface area (Å²) in [6, 6.07) is 12.2. The van der Waals surface area contributed by atoms with Gasteiger partial charge in [0.15, 0.2) is 5.78 Å². The van der Waals surface area contributed by atoms with Gasteiger partial charge in [0.25, 0.3) is 0 Å². The smallest absolute Gasteiger partial charge is 0.240 e. The van der Waals surface area contributed by atoms with E-state index in [2.05, 4.69) is 4.72 Å². The second kappa shape index (κ2) is 6.83. The van der Waals surface area contributed by atoms with Gasteiger partial charge in [0.2, 0.25) is 10.0 Å². The van der Waals surface area contributed by atoms with Crippen LogP contribution in [0.25, 0.3) is 0 Å². The number of carbonyl (C=O) groups excluding carboxylic acids is 1. The van der Waals surface area contributed by atoms with Crippen molar-refractivity contribution in [3.05, 3.63) is 65.5 Å². The number of rotatable bonds is 7. The molecule has 0 aliphatic heterocycles. The Hall–Kier alpha value is -2.05. The van der Waals surface area contributed by atoms with Gasteiger partial charge in [-0.15, -0.1) is 0 Å². The summed E-state index contributed by atoms with van der Waals surface area (Å²) in [6.07, 6.45) is 2.09. The Morgan fingerprint density at radius 3 is 2.38 bits per heavy atom. The number of halogens is 1. The van der Waals surface area contributed by atoms with Crippen molar-refractivity contribution in [2.24, 2.45) is 5.92 Å². The number of sulfonamides is 1. The van der Waals surface area contributed by atoms with Gasteiger partial charge >= 0.3 is 0 Å². The molecule has 1 fully saturated rings.